The molecule has 0 aliphatic rings. The summed E-state index contributed by atoms with van der Waals surface area (Å²) in [5.41, 5.74) is 0.177. The van der Waals surface area contributed by atoms with Gasteiger partial charge in [-0.3, -0.25) is 4.55 Å². The maximum atomic E-state index is 13.3. The van der Waals surface area contributed by atoms with Crippen molar-refractivity contribution >= 4 is 20.9 Å². The van der Waals surface area contributed by atoms with Crippen LogP contribution in [0.3, 0.4) is 0 Å². The fourth-order valence-corrected chi connectivity index (χ4v) is 2.10. The molecule has 3 nitrogen and oxygen atoms in total. The van der Waals surface area contributed by atoms with Crippen LogP contribution in [0.4, 0.5) is 8.78 Å². The molecule has 0 spiro atoms. The average molecular weight is 296 g/mol. The van der Waals surface area contributed by atoms with E-state index in [1.807, 2.05) is 0 Å². The summed E-state index contributed by atoms with van der Waals surface area (Å²) < 4.78 is 56.3. The Morgan fingerprint density at radius 2 is 1.68 bits per heavy atom. The van der Waals surface area contributed by atoms with Crippen molar-refractivity contribution in [3.05, 3.63) is 48.0 Å². The molecule has 0 amide bonds. The minimum absolute atomic E-state index is 0. The van der Waals surface area contributed by atoms with Crippen LogP contribution in [0.5, 0.6) is 0 Å². The van der Waals surface area contributed by atoms with Crippen LogP contribution in [0.15, 0.2) is 42.5 Å². The zero-order valence-corrected chi connectivity index (χ0v) is 13.0. The van der Waals surface area contributed by atoms with Crippen molar-refractivity contribution in [2.45, 2.75) is 11.7 Å². The molecule has 2 aromatic rings. The van der Waals surface area contributed by atoms with Crippen molar-refractivity contribution in [2.24, 2.45) is 0 Å². The average Bonchev–Trinajstić information content (AvgIpc) is 2.27. The molecule has 1 N–H and O–H groups in total. The van der Waals surface area contributed by atoms with Crippen LogP contribution < -0.4 is 29.6 Å². The van der Waals surface area contributed by atoms with E-state index in [0.717, 1.165) is 5.39 Å². The van der Waals surface area contributed by atoms with Crippen LogP contribution in [0, 0.1) is 0 Å². The molecule has 19 heavy (non-hydrogen) atoms. The summed E-state index contributed by atoms with van der Waals surface area (Å²) in [4.78, 5) is 0. The van der Waals surface area contributed by atoms with E-state index < -0.39 is 21.8 Å². The van der Waals surface area contributed by atoms with Crippen molar-refractivity contribution in [1.29, 1.82) is 0 Å². The molecule has 0 aliphatic carbocycles. The topological polar surface area (TPSA) is 54.4 Å². The summed E-state index contributed by atoms with van der Waals surface area (Å²) in [6, 6.07) is 11.5. The number of halogens is 2. The van der Waals surface area contributed by atoms with Crippen molar-refractivity contribution in [1.82, 2.24) is 0 Å². The first kappa shape index (κ1) is 16.5. The zero-order valence-electron chi connectivity index (χ0n) is 11.2. The molecule has 0 heterocycles. The molecule has 0 radical (unpaired) electrons. The summed E-state index contributed by atoms with van der Waals surface area (Å²) in [5.74, 6) is 0. The van der Waals surface area contributed by atoms with Crippen LogP contribution in [0.1, 0.15) is 6.99 Å². The molecule has 2 aromatic carbocycles. The second-order valence-corrected chi connectivity index (χ2v) is 5.47. The molecule has 0 aliphatic heterocycles. The Balaban J connectivity index is 0.00000180. The third-order valence-electron chi connectivity index (χ3n) is 2.65. The molecule has 0 unspecified atom stereocenters. The van der Waals surface area contributed by atoms with Crippen LogP contribution in [-0.4, -0.2) is 18.2 Å². The van der Waals surface area contributed by atoms with E-state index in [9.17, 15) is 17.2 Å². The molecular weight excluding hydrogens is 285 g/mol. The first-order valence-corrected chi connectivity index (χ1v) is 6.57. The number of fused-ring (bicyclic) bond motifs is 1. The van der Waals surface area contributed by atoms with E-state index in [2.05, 4.69) is 0 Å². The molecule has 0 saturated carbocycles. The Labute approximate surface area is 133 Å². The predicted octanol–water partition coefficient (Wildman–Crippen LogP) is -0.0206. The van der Waals surface area contributed by atoms with E-state index in [1.165, 1.54) is 6.07 Å². The molecule has 0 fully saturated rings. The second kappa shape index (κ2) is 5.85. The molecule has 7 heteroatoms. The van der Waals surface area contributed by atoms with Gasteiger partial charge in [0.05, 0.1) is 6.42 Å². The Morgan fingerprint density at radius 1 is 1.11 bits per heavy atom. The Kier molecular flexibility index (Phi) is 5.08. The second-order valence-electron chi connectivity index (χ2n) is 3.93. The van der Waals surface area contributed by atoms with E-state index in [-0.39, 0.29) is 36.5 Å². The van der Waals surface area contributed by atoms with Gasteiger partial charge in [0.15, 0.2) is 0 Å². The van der Waals surface area contributed by atoms with Crippen molar-refractivity contribution in [2.75, 3.05) is 0 Å². The molecule has 98 valence electrons. The van der Waals surface area contributed by atoms with E-state index >= 15 is 0 Å². The van der Waals surface area contributed by atoms with E-state index in [1.54, 1.807) is 36.4 Å². The van der Waals surface area contributed by atoms with Gasteiger partial charge in [-0.2, -0.15) is 17.2 Å². The van der Waals surface area contributed by atoms with Crippen molar-refractivity contribution in [3.8, 4) is 0 Å². The molecule has 0 aromatic heterocycles. The zero-order chi connectivity index (χ0) is 13.4. The smallest absolute Gasteiger partial charge is 1.00 e. The monoisotopic (exact) mass is 296 g/mol. The molecular formula is C12H11F2NaO3S. The standard InChI is InChI=1S/C12H10F2O3S.Na.H/c13-12(14,18(15,16)17)8-10-6-3-5-9-4-1-2-7-11(9)10;;/h1-7H,8H2,(H,15,16,17);;/q;+1;-1. The van der Waals surface area contributed by atoms with Crippen molar-refractivity contribution < 1.29 is 52.7 Å². The fourth-order valence-electron chi connectivity index (χ4n) is 1.76. The Hall–Kier alpha value is -0.530. The third-order valence-corrected chi connectivity index (χ3v) is 3.55. The fraction of sp³-hybridized carbons (Fsp3) is 0.167. The Morgan fingerprint density at radius 3 is 2.32 bits per heavy atom. The van der Waals surface area contributed by atoms with Gasteiger partial charge in [0.2, 0.25) is 0 Å². The molecule has 0 saturated heterocycles. The first-order valence-electron chi connectivity index (χ1n) is 5.13. The van der Waals surface area contributed by atoms with E-state index in [0.29, 0.717) is 5.39 Å². The van der Waals surface area contributed by atoms with Gasteiger partial charge >= 0.3 is 44.9 Å². The number of hydrogen-bond acceptors (Lipinski definition) is 2. The quantitative estimate of drug-likeness (QED) is 0.640. The van der Waals surface area contributed by atoms with Crippen LogP contribution >= 0.6 is 0 Å². The number of benzene rings is 2. The van der Waals surface area contributed by atoms with Gasteiger partial charge in [-0.05, 0) is 16.3 Å². The SMILES string of the molecule is O=S(=O)(O)C(F)(F)Cc1cccc2ccccc12.[H-].[Na+]. The van der Waals surface area contributed by atoms with Gasteiger partial charge in [0.1, 0.15) is 0 Å². The summed E-state index contributed by atoms with van der Waals surface area (Å²) in [7, 11) is -5.40. The van der Waals surface area contributed by atoms with Crippen LogP contribution in [-0.2, 0) is 16.5 Å². The van der Waals surface area contributed by atoms with Crippen LogP contribution in [0.2, 0.25) is 0 Å². The summed E-state index contributed by atoms with van der Waals surface area (Å²) >= 11 is 0. The van der Waals surface area contributed by atoms with Crippen LogP contribution in [0.25, 0.3) is 10.8 Å². The van der Waals surface area contributed by atoms with Gasteiger partial charge in [-0.1, -0.05) is 42.5 Å². The number of rotatable bonds is 3. The minimum Gasteiger partial charge on any atom is -1.00 e. The normalized spacial score (nSPS) is 12.2. The maximum absolute atomic E-state index is 13.3. The van der Waals surface area contributed by atoms with Gasteiger partial charge in [0.25, 0.3) is 0 Å². The number of hydrogen-bond donors (Lipinski definition) is 1. The first-order chi connectivity index (χ1) is 8.31. The Bertz CT molecular complexity index is 687. The minimum atomic E-state index is -5.40. The molecule has 2 rings (SSSR count). The van der Waals surface area contributed by atoms with Gasteiger partial charge in [0, 0.05) is 0 Å². The van der Waals surface area contributed by atoms with Crippen molar-refractivity contribution in [3.63, 3.8) is 0 Å². The maximum Gasteiger partial charge on any atom is 1.00 e. The predicted molar refractivity (Wildman–Crippen MR) is 65.3 cm³/mol. The molecule has 0 bridgehead atoms. The van der Waals surface area contributed by atoms with E-state index in [4.69, 9.17) is 4.55 Å². The summed E-state index contributed by atoms with van der Waals surface area (Å²) in [6.07, 6.45) is -1.05. The largest absolute Gasteiger partial charge is 1.00 e. The van der Waals surface area contributed by atoms with Gasteiger partial charge < -0.3 is 1.43 Å². The number of alkyl halides is 2. The summed E-state index contributed by atoms with van der Waals surface area (Å²) in [6.45, 7) is 0. The molecule has 0 atom stereocenters. The third kappa shape index (κ3) is 3.52. The van der Waals surface area contributed by atoms with Gasteiger partial charge in [-0.15, -0.1) is 0 Å². The van der Waals surface area contributed by atoms with Gasteiger partial charge in [-0.25, -0.2) is 0 Å². The summed E-state index contributed by atoms with van der Waals surface area (Å²) in [5, 5.41) is -2.90.